The number of ether oxygens (including phenoxy) is 2. The SMILES string of the molecule is CCCCCCCCOc1ccc(/C=C(\C)C(=O)OCc2ccccc2)cc1. The first-order chi connectivity index (χ1) is 13.7. The Balaban J connectivity index is 1.73. The second-order valence-corrected chi connectivity index (χ2v) is 7.07. The van der Waals surface area contributed by atoms with Gasteiger partial charge in [-0.05, 0) is 42.7 Å². The van der Waals surface area contributed by atoms with Gasteiger partial charge in [0, 0.05) is 5.57 Å². The number of hydrogen-bond acceptors (Lipinski definition) is 3. The molecular formula is C25H32O3. The van der Waals surface area contributed by atoms with Crippen molar-refractivity contribution in [3.05, 3.63) is 71.3 Å². The largest absolute Gasteiger partial charge is 0.494 e. The van der Waals surface area contributed by atoms with Crippen LogP contribution in [0.1, 0.15) is 63.5 Å². The molecule has 0 amide bonds. The Labute approximate surface area is 169 Å². The quantitative estimate of drug-likeness (QED) is 0.237. The summed E-state index contributed by atoms with van der Waals surface area (Å²) in [7, 11) is 0. The third-order valence-corrected chi connectivity index (χ3v) is 4.56. The van der Waals surface area contributed by atoms with Gasteiger partial charge < -0.3 is 9.47 Å². The first-order valence-electron chi connectivity index (χ1n) is 10.3. The van der Waals surface area contributed by atoms with Gasteiger partial charge in [-0.25, -0.2) is 4.79 Å². The maximum atomic E-state index is 12.1. The number of carbonyl (C=O) groups is 1. The summed E-state index contributed by atoms with van der Waals surface area (Å²) >= 11 is 0. The van der Waals surface area contributed by atoms with Crippen LogP contribution in [0.5, 0.6) is 5.75 Å². The lowest BCUT2D eigenvalue weighted by Crippen LogP contribution is -2.05. The molecule has 0 saturated heterocycles. The first-order valence-corrected chi connectivity index (χ1v) is 10.3. The number of benzene rings is 2. The topological polar surface area (TPSA) is 35.5 Å². The molecule has 0 N–H and O–H groups in total. The van der Waals surface area contributed by atoms with E-state index in [-0.39, 0.29) is 12.6 Å². The molecule has 2 rings (SSSR count). The Morgan fingerprint density at radius 1 is 0.893 bits per heavy atom. The van der Waals surface area contributed by atoms with Crippen LogP contribution in [0.15, 0.2) is 60.2 Å². The van der Waals surface area contributed by atoms with Crippen molar-refractivity contribution in [1.82, 2.24) is 0 Å². The first kappa shape index (κ1) is 21.7. The molecule has 0 aliphatic heterocycles. The van der Waals surface area contributed by atoms with Gasteiger partial charge in [0.1, 0.15) is 12.4 Å². The van der Waals surface area contributed by atoms with E-state index in [9.17, 15) is 4.79 Å². The van der Waals surface area contributed by atoms with Crippen LogP contribution in [0.3, 0.4) is 0 Å². The van der Waals surface area contributed by atoms with Gasteiger partial charge >= 0.3 is 5.97 Å². The van der Waals surface area contributed by atoms with E-state index in [0.29, 0.717) is 5.57 Å². The van der Waals surface area contributed by atoms with E-state index < -0.39 is 0 Å². The molecule has 0 bridgehead atoms. The summed E-state index contributed by atoms with van der Waals surface area (Å²) in [5, 5.41) is 0. The highest BCUT2D eigenvalue weighted by molar-refractivity contribution is 5.93. The van der Waals surface area contributed by atoms with Gasteiger partial charge in [0.15, 0.2) is 0 Å². The third-order valence-electron chi connectivity index (χ3n) is 4.56. The van der Waals surface area contributed by atoms with Crippen LogP contribution in [0.2, 0.25) is 0 Å². The molecule has 28 heavy (non-hydrogen) atoms. The summed E-state index contributed by atoms with van der Waals surface area (Å²) in [5.74, 6) is 0.572. The summed E-state index contributed by atoms with van der Waals surface area (Å²) in [5.41, 5.74) is 2.52. The van der Waals surface area contributed by atoms with E-state index in [0.717, 1.165) is 29.9 Å². The summed E-state index contributed by atoms with van der Waals surface area (Å²) in [6, 6.07) is 17.5. The molecule has 0 atom stereocenters. The molecular weight excluding hydrogens is 348 g/mol. The van der Waals surface area contributed by atoms with Crippen molar-refractivity contribution in [1.29, 1.82) is 0 Å². The standard InChI is InChI=1S/C25H32O3/c1-3-4-5-6-7-11-18-27-24-16-14-22(15-17-24)19-21(2)25(26)28-20-23-12-9-8-10-13-23/h8-10,12-17,19H,3-7,11,18,20H2,1-2H3/b21-19+. The van der Waals surface area contributed by atoms with Crippen LogP contribution in [-0.4, -0.2) is 12.6 Å². The molecule has 0 aliphatic rings. The van der Waals surface area contributed by atoms with Crippen molar-refractivity contribution in [3.8, 4) is 5.75 Å². The highest BCUT2D eigenvalue weighted by Gasteiger charge is 2.06. The van der Waals surface area contributed by atoms with Gasteiger partial charge in [-0.1, -0.05) is 81.5 Å². The zero-order chi connectivity index (χ0) is 20.0. The van der Waals surface area contributed by atoms with E-state index in [2.05, 4.69) is 6.92 Å². The van der Waals surface area contributed by atoms with Crippen LogP contribution >= 0.6 is 0 Å². The van der Waals surface area contributed by atoms with Crippen LogP contribution in [-0.2, 0) is 16.1 Å². The Kier molecular flexibility index (Phi) is 9.92. The van der Waals surface area contributed by atoms with Crippen molar-refractivity contribution in [3.63, 3.8) is 0 Å². The average Bonchev–Trinajstić information content (AvgIpc) is 2.73. The van der Waals surface area contributed by atoms with Gasteiger partial charge in [-0.15, -0.1) is 0 Å². The molecule has 2 aromatic carbocycles. The van der Waals surface area contributed by atoms with Crippen LogP contribution in [0.25, 0.3) is 6.08 Å². The van der Waals surface area contributed by atoms with Crippen LogP contribution in [0.4, 0.5) is 0 Å². The molecule has 3 heteroatoms. The maximum absolute atomic E-state index is 12.1. The number of unbranched alkanes of at least 4 members (excludes halogenated alkanes) is 5. The molecule has 2 aromatic rings. The fraction of sp³-hybridized carbons (Fsp3) is 0.400. The molecule has 0 fully saturated rings. The Morgan fingerprint density at radius 2 is 1.57 bits per heavy atom. The van der Waals surface area contributed by atoms with E-state index in [1.807, 2.05) is 60.7 Å². The molecule has 0 radical (unpaired) electrons. The lowest BCUT2D eigenvalue weighted by Gasteiger charge is -2.07. The van der Waals surface area contributed by atoms with Crippen molar-refractivity contribution < 1.29 is 14.3 Å². The molecule has 150 valence electrons. The van der Waals surface area contributed by atoms with E-state index in [1.165, 1.54) is 32.1 Å². The molecule has 0 unspecified atom stereocenters. The van der Waals surface area contributed by atoms with Gasteiger partial charge in [0.25, 0.3) is 0 Å². The summed E-state index contributed by atoms with van der Waals surface area (Å²) in [4.78, 5) is 12.1. The lowest BCUT2D eigenvalue weighted by atomic mass is 10.1. The molecule has 0 saturated carbocycles. The molecule has 0 aromatic heterocycles. The van der Waals surface area contributed by atoms with Crippen LogP contribution < -0.4 is 4.74 Å². The zero-order valence-electron chi connectivity index (χ0n) is 17.2. The molecule has 0 spiro atoms. The summed E-state index contributed by atoms with van der Waals surface area (Å²) < 4.78 is 11.1. The van der Waals surface area contributed by atoms with Crippen molar-refractivity contribution in [2.45, 2.75) is 59.0 Å². The minimum absolute atomic E-state index is 0.288. The van der Waals surface area contributed by atoms with Gasteiger partial charge in [0.05, 0.1) is 6.61 Å². The third kappa shape index (κ3) is 8.43. The smallest absolute Gasteiger partial charge is 0.334 e. The second-order valence-electron chi connectivity index (χ2n) is 7.07. The number of rotatable bonds is 12. The van der Waals surface area contributed by atoms with E-state index in [1.54, 1.807) is 6.92 Å². The van der Waals surface area contributed by atoms with Crippen molar-refractivity contribution in [2.75, 3.05) is 6.61 Å². The number of carbonyl (C=O) groups excluding carboxylic acids is 1. The maximum Gasteiger partial charge on any atom is 0.334 e. The van der Waals surface area contributed by atoms with Gasteiger partial charge in [-0.2, -0.15) is 0 Å². The number of esters is 1. The molecule has 3 nitrogen and oxygen atoms in total. The van der Waals surface area contributed by atoms with Gasteiger partial charge in [0.2, 0.25) is 0 Å². The Bertz CT molecular complexity index is 717. The second kappa shape index (κ2) is 12.8. The average molecular weight is 381 g/mol. The Morgan fingerprint density at radius 3 is 2.29 bits per heavy atom. The number of hydrogen-bond donors (Lipinski definition) is 0. The highest BCUT2D eigenvalue weighted by Crippen LogP contribution is 2.16. The molecule has 0 heterocycles. The normalized spacial score (nSPS) is 11.3. The fourth-order valence-electron chi connectivity index (χ4n) is 2.88. The molecule has 0 aliphatic carbocycles. The predicted molar refractivity (Wildman–Crippen MR) is 115 cm³/mol. The summed E-state index contributed by atoms with van der Waals surface area (Å²) in [6.45, 7) is 5.05. The van der Waals surface area contributed by atoms with E-state index in [4.69, 9.17) is 9.47 Å². The minimum atomic E-state index is -0.299. The minimum Gasteiger partial charge on any atom is -0.494 e. The monoisotopic (exact) mass is 380 g/mol. The lowest BCUT2D eigenvalue weighted by molar-refractivity contribution is -0.140. The summed E-state index contributed by atoms with van der Waals surface area (Å²) in [6.07, 6.45) is 9.38. The fourth-order valence-corrected chi connectivity index (χ4v) is 2.88. The van der Waals surface area contributed by atoms with Crippen LogP contribution in [0, 0.1) is 0 Å². The zero-order valence-corrected chi connectivity index (χ0v) is 17.2. The predicted octanol–water partition coefficient (Wildman–Crippen LogP) is 6.57. The van der Waals surface area contributed by atoms with Crippen molar-refractivity contribution >= 4 is 12.0 Å². The highest BCUT2D eigenvalue weighted by atomic mass is 16.5. The van der Waals surface area contributed by atoms with Gasteiger partial charge in [-0.3, -0.25) is 0 Å². The van der Waals surface area contributed by atoms with E-state index >= 15 is 0 Å². The van der Waals surface area contributed by atoms with Crippen molar-refractivity contribution in [2.24, 2.45) is 0 Å². The Hall–Kier alpha value is -2.55.